The highest BCUT2D eigenvalue weighted by atomic mass is 14.9. The predicted molar refractivity (Wildman–Crippen MR) is 76.4 cm³/mol. The van der Waals surface area contributed by atoms with E-state index >= 15 is 0 Å². The number of rotatable bonds is 7. The molecule has 1 aromatic carbocycles. The second-order valence-electron chi connectivity index (χ2n) is 5.42. The van der Waals surface area contributed by atoms with Crippen molar-refractivity contribution >= 4 is 0 Å². The fraction of sp³-hybridized carbons (Fsp3) is 0.625. The number of benzene rings is 1. The highest BCUT2D eigenvalue weighted by Gasteiger charge is 2.14. The van der Waals surface area contributed by atoms with Crippen molar-refractivity contribution in [1.29, 1.82) is 0 Å². The third-order valence-electron chi connectivity index (χ3n) is 3.43. The molecule has 0 radical (unpaired) electrons. The van der Waals surface area contributed by atoms with Gasteiger partial charge in [0.1, 0.15) is 0 Å². The minimum absolute atomic E-state index is 0.568. The van der Waals surface area contributed by atoms with Gasteiger partial charge in [-0.2, -0.15) is 0 Å². The summed E-state index contributed by atoms with van der Waals surface area (Å²) >= 11 is 0. The number of hydrogen-bond donors (Lipinski definition) is 1. The molecule has 2 unspecified atom stereocenters. The average molecular weight is 233 g/mol. The molecule has 0 fully saturated rings. The maximum atomic E-state index is 3.57. The lowest BCUT2D eigenvalue weighted by Gasteiger charge is -2.22. The Morgan fingerprint density at radius 1 is 1.06 bits per heavy atom. The van der Waals surface area contributed by atoms with Crippen molar-refractivity contribution in [3.63, 3.8) is 0 Å². The summed E-state index contributed by atoms with van der Waals surface area (Å²) in [6.45, 7) is 10.1. The first-order valence-electron chi connectivity index (χ1n) is 6.91. The monoisotopic (exact) mass is 233 g/mol. The first-order chi connectivity index (χ1) is 8.13. The molecule has 1 nitrogen and oxygen atoms in total. The second kappa shape index (κ2) is 7.50. The van der Waals surface area contributed by atoms with Crippen LogP contribution in [0.15, 0.2) is 30.3 Å². The molecule has 0 aromatic heterocycles. The lowest BCUT2D eigenvalue weighted by Crippen LogP contribution is -2.28. The summed E-state index contributed by atoms with van der Waals surface area (Å²) in [4.78, 5) is 0. The van der Waals surface area contributed by atoms with E-state index in [-0.39, 0.29) is 0 Å². The molecule has 1 aromatic rings. The van der Waals surface area contributed by atoms with Crippen molar-refractivity contribution in [2.24, 2.45) is 5.92 Å². The smallest absolute Gasteiger partial charge is 0.00226 e. The first kappa shape index (κ1) is 14.2. The topological polar surface area (TPSA) is 12.0 Å². The predicted octanol–water partition coefficient (Wildman–Crippen LogP) is 4.20. The zero-order valence-corrected chi connectivity index (χ0v) is 11.7. The Balaban J connectivity index is 2.65. The fourth-order valence-corrected chi connectivity index (χ4v) is 2.09. The van der Waals surface area contributed by atoms with Crippen molar-refractivity contribution < 1.29 is 0 Å². The van der Waals surface area contributed by atoms with Gasteiger partial charge in [0.05, 0.1) is 0 Å². The Bertz CT molecular complexity index is 292. The second-order valence-corrected chi connectivity index (χ2v) is 5.42. The zero-order chi connectivity index (χ0) is 12.7. The highest BCUT2D eigenvalue weighted by Crippen LogP contribution is 2.24. The van der Waals surface area contributed by atoms with Crippen LogP contribution < -0.4 is 5.32 Å². The molecule has 0 aliphatic carbocycles. The minimum Gasteiger partial charge on any atom is -0.314 e. The molecule has 17 heavy (non-hydrogen) atoms. The van der Waals surface area contributed by atoms with E-state index in [4.69, 9.17) is 0 Å². The van der Waals surface area contributed by atoms with Crippen molar-refractivity contribution in [3.05, 3.63) is 35.9 Å². The van der Waals surface area contributed by atoms with Gasteiger partial charge in [-0.3, -0.25) is 0 Å². The standard InChI is InChI=1S/C16H27N/c1-5-14(4)11-16(12-17-13(2)3)15-9-7-6-8-10-15/h6-10,13-14,16-17H,5,11-12H2,1-4H3. The van der Waals surface area contributed by atoms with Crippen LogP contribution in [0, 0.1) is 5.92 Å². The molecule has 1 rings (SSSR count). The van der Waals surface area contributed by atoms with Crippen LogP contribution in [0.4, 0.5) is 0 Å². The van der Waals surface area contributed by atoms with Gasteiger partial charge in [-0.05, 0) is 23.8 Å². The summed E-state index contributed by atoms with van der Waals surface area (Å²) in [5.74, 6) is 1.45. The molecule has 1 heteroatoms. The fourth-order valence-electron chi connectivity index (χ4n) is 2.09. The molecule has 96 valence electrons. The highest BCUT2D eigenvalue weighted by molar-refractivity contribution is 5.20. The van der Waals surface area contributed by atoms with Crippen LogP contribution in [0.1, 0.15) is 52.0 Å². The van der Waals surface area contributed by atoms with Gasteiger partial charge >= 0.3 is 0 Å². The molecule has 0 saturated heterocycles. The van der Waals surface area contributed by atoms with Crippen LogP contribution in [-0.4, -0.2) is 12.6 Å². The quantitative estimate of drug-likeness (QED) is 0.744. The van der Waals surface area contributed by atoms with E-state index in [9.17, 15) is 0 Å². The molecule has 2 atom stereocenters. The molecule has 0 saturated carbocycles. The van der Waals surface area contributed by atoms with Crippen LogP contribution in [0.5, 0.6) is 0 Å². The van der Waals surface area contributed by atoms with E-state index in [2.05, 4.69) is 63.3 Å². The molecule has 0 heterocycles. The first-order valence-corrected chi connectivity index (χ1v) is 6.91. The van der Waals surface area contributed by atoms with E-state index in [1.165, 1.54) is 18.4 Å². The van der Waals surface area contributed by atoms with E-state index in [1.54, 1.807) is 0 Å². The summed E-state index contributed by atoms with van der Waals surface area (Å²) in [5.41, 5.74) is 1.47. The van der Waals surface area contributed by atoms with E-state index < -0.39 is 0 Å². The third-order valence-corrected chi connectivity index (χ3v) is 3.43. The van der Waals surface area contributed by atoms with E-state index in [0.717, 1.165) is 12.5 Å². The van der Waals surface area contributed by atoms with Crippen molar-refractivity contribution in [2.75, 3.05) is 6.54 Å². The summed E-state index contributed by atoms with van der Waals surface area (Å²) in [7, 11) is 0. The van der Waals surface area contributed by atoms with Crippen LogP contribution >= 0.6 is 0 Å². The average Bonchev–Trinajstić information content (AvgIpc) is 2.35. The van der Waals surface area contributed by atoms with Gasteiger partial charge in [0.25, 0.3) is 0 Å². The van der Waals surface area contributed by atoms with Crippen molar-refractivity contribution in [2.45, 2.75) is 52.5 Å². The maximum Gasteiger partial charge on any atom is 0.00226 e. The summed E-state index contributed by atoms with van der Waals surface area (Å²) in [5, 5.41) is 3.57. The molecule has 0 aliphatic rings. The lowest BCUT2D eigenvalue weighted by atomic mass is 9.88. The molecular weight excluding hydrogens is 206 g/mol. The normalized spacial score (nSPS) is 14.9. The van der Waals surface area contributed by atoms with Gasteiger partial charge in [-0.25, -0.2) is 0 Å². The minimum atomic E-state index is 0.568. The molecular formula is C16H27N. The van der Waals surface area contributed by atoms with Crippen LogP contribution in [0.2, 0.25) is 0 Å². The van der Waals surface area contributed by atoms with Crippen molar-refractivity contribution in [1.82, 2.24) is 5.32 Å². The SMILES string of the molecule is CCC(C)CC(CNC(C)C)c1ccccc1. The van der Waals surface area contributed by atoms with E-state index in [1.807, 2.05) is 0 Å². The molecule has 1 N–H and O–H groups in total. The molecule has 0 spiro atoms. The van der Waals surface area contributed by atoms with Crippen LogP contribution in [0.3, 0.4) is 0 Å². The van der Waals surface area contributed by atoms with Crippen LogP contribution in [-0.2, 0) is 0 Å². The van der Waals surface area contributed by atoms with Gasteiger partial charge < -0.3 is 5.32 Å². The third kappa shape index (κ3) is 5.36. The Labute approximate surface area is 107 Å². The van der Waals surface area contributed by atoms with Gasteiger partial charge in [0.15, 0.2) is 0 Å². The molecule has 0 amide bonds. The summed E-state index contributed by atoms with van der Waals surface area (Å²) in [6, 6.07) is 11.5. The maximum absolute atomic E-state index is 3.57. The van der Waals surface area contributed by atoms with Crippen LogP contribution in [0.25, 0.3) is 0 Å². The Kier molecular flexibility index (Phi) is 6.28. The lowest BCUT2D eigenvalue weighted by molar-refractivity contribution is 0.424. The summed E-state index contributed by atoms with van der Waals surface area (Å²) in [6.07, 6.45) is 2.55. The van der Waals surface area contributed by atoms with Gasteiger partial charge in [-0.15, -0.1) is 0 Å². The Morgan fingerprint density at radius 2 is 1.71 bits per heavy atom. The van der Waals surface area contributed by atoms with E-state index in [0.29, 0.717) is 12.0 Å². The van der Waals surface area contributed by atoms with Crippen molar-refractivity contribution in [3.8, 4) is 0 Å². The number of hydrogen-bond acceptors (Lipinski definition) is 1. The zero-order valence-electron chi connectivity index (χ0n) is 11.7. The Hall–Kier alpha value is -0.820. The molecule has 0 aliphatic heterocycles. The number of nitrogens with one attached hydrogen (secondary N) is 1. The van der Waals surface area contributed by atoms with Gasteiger partial charge in [-0.1, -0.05) is 64.4 Å². The Morgan fingerprint density at radius 3 is 2.24 bits per heavy atom. The van der Waals surface area contributed by atoms with Gasteiger partial charge in [0, 0.05) is 12.6 Å². The summed E-state index contributed by atoms with van der Waals surface area (Å²) < 4.78 is 0. The molecule has 0 bridgehead atoms. The van der Waals surface area contributed by atoms with Gasteiger partial charge in [0.2, 0.25) is 0 Å². The largest absolute Gasteiger partial charge is 0.314 e.